The van der Waals surface area contributed by atoms with E-state index in [0.29, 0.717) is 12.8 Å². The molecule has 1 aromatic rings. The lowest BCUT2D eigenvalue weighted by Gasteiger charge is -2.31. The number of aliphatic hydroxyl groups excluding tert-OH is 1. The summed E-state index contributed by atoms with van der Waals surface area (Å²) in [6, 6.07) is 4.31. The molecule has 0 fully saturated rings. The van der Waals surface area contributed by atoms with Crippen molar-refractivity contribution in [1.29, 1.82) is 0 Å². The molecule has 0 saturated carbocycles. The van der Waals surface area contributed by atoms with Crippen molar-refractivity contribution in [3.8, 4) is 5.75 Å². The zero-order valence-corrected chi connectivity index (χ0v) is 16.9. The fourth-order valence-corrected chi connectivity index (χ4v) is 2.78. The Morgan fingerprint density at radius 2 is 1.72 bits per heavy atom. The third-order valence-corrected chi connectivity index (χ3v) is 4.75. The molecule has 0 aliphatic heterocycles. The number of esters is 1. The van der Waals surface area contributed by atoms with Gasteiger partial charge in [0.25, 0.3) is 0 Å². The van der Waals surface area contributed by atoms with Gasteiger partial charge in [-0.2, -0.15) is 0 Å². The molecule has 0 unspecified atom stereocenters. The maximum absolute atomic E-state index is 11.8. The van der Waals surface area contributed by atoms with Gasteiger partial charge in [-0.05, 0) is 29.2 Å². The van der Waals surface area contributed by atoms with Gasteiger partial charge in [-0.25, -0.2) is 0 Å². The molecule has 0 saturated heterocycles. The van der Waals surface area contributed by atoms with Crippen molar-refractivity contribution < 1.29 is 19.4 Å². The van der Waals surface area contributed by atoms with Crippen LogP contribution in [0.5, 0.6) is 5.75 Å². The Morgan fingerprint density at radius 1 is 1.12 bits per heavy atom. The molecule has 1 N–H and O–H groups in total. The van der Waals surface area contributed by atoms with Gasteiger partial charge in [0, 0.05) is 17.5 Å². The lowest BCUT2D eigenvalue weighted by atomic mass is 9.76. The van der Waals surface area contributed by atoms with Crippen LogP contribution in [0.3, 0.4) is 0 Å². The van der Waals surface area contributed by atoms with E-state index in [2.05, 4.69) is 53.7 Å². The van der Waals surface area contributed by atoms with Crippen LogP contribution >= 0.6 is 0 Å². The van der Waals surface area contributed by atoms with E-state index in [1.807, 2.05) is 0 Å². The van der Waals surface area contributed by atoms with Crippen molar-refractivity contribution in [2.75, 3.05) is 20.3 Å². The molecule has 0 aromatic heterocycles. The lowest BCUT2D eigenvalue weighted by Crippen LogP contribution is -2.21. The maximum Gasteiger partial charge on any atom is 0.306 e. The van der Waals surface area contributed by atoms with Gasteiger partial charge in [-0.15, -0.1) is 0 Å². The van der Waals surface area contributed by atoms with Crippen molar-refractivity contribution in [1.82, 2.24) is 0 Å². The molecule has 1 rings (SSSR count). The molecule has 4 nitrogen and oxygen atoms in total. The summed E-state index contributed by atoms with van der Waals surface area (Å²) in [6.45, 7) is 13.1. The molecule has 0 heterocycles. The number of carbonyl (C=O) groups is 1. The van der Waals surface area contributed by atoms with Crippen LogP contribution in [0.15, 0.2) is 12.1 Å². The molecular weight excluding hydrogens is 316 g/mol. The number of benzene rings is 1. The third-order valence-electron chi connectivity index (χ3n) is 4.75. The molecule has 0 radical (unpaired) electrons. The van der Waals surface area contributed by atoms with Crippen molar-refractivity contribution >= 4 is 5.97 Å². The largest absolute Gasteiger partial charge is 0.496 e. The SMILES string of the molecule is CCC(C)(C)c1cc(CCC(=O)OCCO)cc(C(C)(C)C)c1OC. The first-order chi connectivity index (χ1) is 11.6. The minimum atomic E-state index is -0.279. The van der Waals surface area contributed by atoms with Crippen molar-refractivity contribution in [3.63, 3.8) is 0 Å². The van der Waals surface area contributed by atoms with Crippen LogP contribution in [0, 0.1) is 0 Å². The molecule has 25 heavy (non-hydrogen) atoms. The highest BCUT2D eigenvalue weighted by molar-refractivity contribution is 5.69. The van der Waals surface area contributed by atoms with E-state index in [1.165, 1.54) is 5.56 Å². The van der Waals surface area contributed by atoms with Crippen LogP contribution in [0.25, 0.3) is 0 Å². The topological polar surface area (TPSA) is 55.8 Å². The van der Waals surface area contributed by atoms with Crippen LogP contribution in [-0.2, 0) is 26.8 Å². The number of carbonyl (C=O) groups excluding carboxylic acids is 1. The number of aryl methyl sites for hydroxylation is 1. The van der Waals surface area contributed by atoms with Crippen molar-refractivity contribution in [2.24, 2.45) is 0 Å². The van der Waals surface area contributed by atoms with Crippen LogP contribution in [0.2, 0.25) is 0 Å². The summed E-state index contributed by atoms with van der Waals surface area (Å²) in [7, 11) is 1.73. The molecule has 0 spiro atoms. The first-order valence-corrected chi connectivity index (χ1v) is 9.05. The average molecular weight is 350 g/mol. The van der Waals surface area contributed by atoms with Gasteiger partial charge in [0.2, 0.25) is 0 Å². The Hall–Kier alpha value is -1.55. The monoisotopic (exact) mass is 350 g/mol. The summed E-state index contributed by atoms with van der Waals surface area (Å²) < 4.78 is 10.8. The predicted octanol–water partition coefficient (Wildman–Crippen LogP) is 4.15. The first kappa shape index (κ1) is 21.5. The maximum atomic E-state index is 11.8. The highest BCUT2D eigenvalue weighted by Gasteiger charge is 2.29. The second kappa shape index (κ2) is 8.70. The predicted molar refractivity (Wildman–Crippen MR) is 101 cm³/mol. The standard InChI is InChI=1S/C21H34O4/c1-8-21(5,6)17-14-15(9-10-18(23)25-12-11-22)13-16(19(17)24-7)20(2,3)4/h13-14,22H,8-12H2,1-7H3. The van der Waals surface area contributed by atoms with E-state index >= 15 is 0 Å². The number of hydrogen-bond donors (Lipinski definition) is 1. The van der Waals surface area contributed by atoms with Crippen LogP contribution in [-0.4, -0.2) is 31.4 Å². The molecule has 0 bridgehead atoms. The Labute approximate surface area is 152 Å². The number of aliphatic hydroxyl groups is 1. The Kier molecular flexibility index (Phi) is 7.48. The van der Waals surface area contributed by atoms with E-state index in [4.69, 9.17) is 14.6 Å². The lowest BCUT2D eigenvalue weighted by molar-refractivity contribution is -0.144. The van der Waals surface area contributed by atoms with E-state index in [0.717, 1.165) is 23.3 Å². The summed E-state index contributed by atoms with van der Waals surface area (Å²) in [6.07, 6.45) is 1.92. The number of rotatable bonds is 8. The van der Waals surface area contributed by atoms with E-state index in [1.54, 1.807) is 7.11 Å². The molecule has 0 amide bonds. The van der Waals surface area contributed by atoms with Gasteiger partial charge >= 0.3 is 5.97 Å². The van der Waals surface area contributed by atoms with Gasteiger partial charge in [0.1, 0.15) is 12.4 Å². The third kappa shape index (κ3) is 5.74. The average Bonchev–Trinajstić information content (AvgIpc) is 2.56. The van der Waals surface area contributed by atoms with Gasteiger partial charge in [-0.1, -0.05) is 53.7 Å². The van der Waals surface area contributed by atoms with Crippen LogP contribution < -0.4 is 4.74 Å². The molecule has 0 aliphatic rings. The highest BCUT2D eigenvalue weighted by Crippen LogP contribution is 2.42. The molecule has 142 valence electrons. The summed E-state index contributed by atoms with van der Waals surface area (Å²) in [4.78, 5) is 11.8. The summed E-state index contributed by atoms with van der Waals surface area (Å²) >= 11 is 0. The molecule has 4 heteroatoms. The van der Waals surface area contributed by atoms with Crippen LogP contribution in [0.1, 0.15) is 71.1 Å². The second-order valence-electron chi connectivity index (χ2n) is 8.16. The molecular formula is C21H34O4. The Bertz CT molecular complexity index is 582. The fourth-order valence-electron chi connectivity index (χ4n) is 2.78. The van der Waals surface area contributed by atoms with E-state index in [9.17, 15) is 4.79 Å². The minimum Gasteiger partial charge on any atom is -0.496 e. The molecule has 1 aromatic carbocycles. The zero-order valence-electron chi connectivity index (χ0n) is 16.9. The second-order valence-corrected chi connectivity index (χ2v) is 8.16. The fraction of sp³-hybridized carbons (Fsp3) is 0.667. The van der Waals surface area contributed by atoms with Crippen molar-refractivity contribution in [2.45, 2.75) is 71.6 Å². The Morgan fingerprint density at radius 3 is 2.20 bits per heavy atom. The number of ether oxygens (including phenoxy) is 2. The minimum absolute atomic E-state index is 0.0151. The highest BCUT2D eigenvalue weighted by atomic mass is 16.5. The van der Waals surface area contributed by atoms with Gasteiger partial charge in [-0.3, -0.25) is 4.79 Å². The van der Waals surface area contributed by atoms with Crippen LogP contribution in [0.4, 0.5) is 0 Å². The van der Waals surface area contributed by atoms with Gasteiger partial charge in [0.05, 0.1) is 13.7 Å². The number of hydrogen-bond acceptors (Lipinski definition) is 4. The van der Waals surface area contributed by atoms with Crippen molar-refractivity contribution in [3.05, 3.63) is 28.8 Å². The summed E-state index contributed by atoms with van der Waals surface area (Å²) in [5.41, 5.74) is 3.38. The first-order valence-electron chi connectivity index (χ1n) is 9.05. The summed E-state index contributed by atoms with van der Waals surface area (Å²) in [5, 5.41) is 8.75. The Balaban J connectivity index is 3.27. The quantitative estimate of drug-likeness (QED) is 0.716. The molecule has 0 atom stereocenters. The molecule has 0 aliphatic carbocycles. The zero-order chi connectivity index (χ0) is 19.3. The normalized spacial score (nSPS) is 12.2. The van der Waals surface area contributed by atoms with E-state index < -0.39 is 0 Å². The number of methoxy groups -OCH3 is 1. The summed E-state index contributed by atoms with van der Waals surface area (Å²) in [5.74, 6) is 0.671. The van der Waals surface area contributed by atoms with Gasteiger partial charge in [0.15, 0.2) is 0 Å². The van der Waals surface area contributed by atoms with E-state index in [-0.39, 0.29) is 30.0 Å². The van der Waals surface area contributed by atoms with Gasteiger partial charge < -0.3 is 14.6 Å². The smallest absolute Gasteiger partial charge is 0.306 e.